The zero-order valence-corrected chi connectivity index (χ0v) is 20.1. The molecule has 1 fully saturated rings. The highest BCUT2D eigenvalue weighted by Crippen LogP contribution is 2.34. The van der Waals surface area contributed by atoms with Gasteiger partial charge in [-0.3, -0.25) is 9.59 Å². The Bertz CT molecular complexity index is 1200. The number of carbonyl (C=O) groups excluding carboxylic acids is 2. The Morgan fingerprint density at radius 1 is 1.03 bits per heavy atom. The number of amides is 2. The molecule has 0 radical (unpaired) electrons. The Hall–Kier alpha value is -3.74. The molecule has 0 spiro atoms. The summed E-state index contributed by atoms with van der Waals surface area (Å²) in [6.45, 7) is 3.30. The first-order valence-corrected chi connectivity index (χ1v) is 12.1. The van der Waals surface area contributed by atoms with E-state index >= 15 is 0 Å². The standard InChI is InChI=1S/C28H30N2O5/c1-19-23(12-15-33-19)28(32)29(2)24(16-20-6-4-3-5-7-20)21-10-13-30(14-11-21)27(31)22-8-9-25-26(17-22)35-18-34-25/h3-9,12,15,17,21,24H,10-11,13-14,16,18H2,1-2H3/t24-/m0/s1. The summed E-state index contributed by atoms with van der Waals surface area (Å²) in [6, 6.07) is 17.4. The van der Waals surface area contributed by atoms with Crippen molar-refractivity contribution in [1.29, 1.82) is 0 Å². The van der Waals surface area contributed by atoms with E-state index in [2.05, 4.69) is 12.1 Å². The molecule has 0 unspecified atom stereocenters. The number of nitrogens with zero attached hydrogens (tertiary/aromatic N) is 2. The predicted octanol–water partition coefficient (Wildman–Crippen LogP) is 4.55. The van der Waals surface area contributed by atoms with Gasteiger partial charge in [-0.1, -0.05) is 30.3 Å². The second-order valence-electron chi connectivity index (χ2n) is 9.26. The molecule has 3 aromatic rings. The Morgan fingerprint density at radius 2 is 1.77 bits per heavy atom. The summed E-state index contributed by atoms with van der Waals surface area (Å²) < 4.78 is 16.2. The number of piperidine rings is 1. The molecule has 2 aliphatic rings. The summed E-state index contributed by atoms with van der Waals surface area (Å²) in [6.07, 6.45) is 3.98. The quantitative estimate of drug-likeness (QED) is 0.524. The maximum atomic E-state index is 13.3. The molecule has 35 heavy (non-hydrogen) atoms. The van der Waals surface area contributed by atoms with Crippen LogP contribution >= 0.6 is 0 Å². The second-order valence-corrected chi connectivity index (χ2v) is 9.26. The van der Waals surface area contributed by atoms with E-state index in [1.807, 2.05) is 42.0 Å². The average molecular weight is 475 g/mol. The first-order valence-electron chi connectivity index (χ1n) is 12.1. The summed E-state index contributed by atoms with van der Waals surface area (Å²) >= 11 is 0. The summed E-state index contributed by atoms with van der Waals surface area (Å²) in [7, 11) is 1.88. The minimum atomic E-state index is -0.0314. The van der Waals surface area contributed by atoms with Crippen LogP contribution in [0, 0.1) is 12.8 Å². The van der Waals surface area contributed by atoms with Gasteiger partial charge in [0.05, 0.1) is 11.8 Å². The maximum Gasteiger partial charge on any atom is 0.257 e. The Labute approximate surface area is 205 Å². The molecule has 1 atom stereocenters. The van der Waals surface area contributed by atoms with E-state index in [0.717, 1.165) is 19.3 Å². The molecule has 182 valence electrons. The largest absolute Gasteiger partial charge is 0.469 e. The molecule has 2 aromatic carbocycles. The van der Waals surface area contributed by atoms with Crippen molar-refractivity contribution in [3.8, 4) is 11.5 Å². The Kier molecular flexibility index (Phi) is 6.49. The van der Waals surface area contributed by atoms with Gasteiger partial charge >= 0.3 is 0 Å². The van der Waals surface area contributed by atoms with Gasteiger partial charge in [0.15, 0.2) is 11.5 Å². The van der Waals surface area contributed by atoms with Crippen LogP contribution < -0.4 is 9.47 Å². The molecule has 1 aromatic heterocycles. The fourth-order valence-electron chi connectivity index (χ4n) is 5.12. The smallest absolute Gasteiger partial charge is 0.257 e. The molecule has 7 nitrogen and oxygen atoms in total. The number of benzene rings is 2. The van der Waals surface area contributed by atoms with Crippen LogP contribution in [0.2, 0.25) is 0 Å². The number of ether oxygens (including phenoxy) is 2. The van der Waals surface area contributed by atoms with E-state index in [1.54, 1.807) is 30.5 Å². The molecule has 0 N–H and O–H groups in total. The number of hydrogen-bond acceptors (Lipinski definition) is 5. The van der Waals surface area contributed by atoms with Gasteiger partial charge in [-0.05, 0) is 61.9 Å². The van der Waals surface area contributed by atoms with E-state index in [9.17, 15) is 9.59 Å². The molecule has 5 rings (SSSR count). The molecular weight excluding hydrogens is 444 g/mol. The molecule has 2 amide bonds. The van der Waals surface area contributed by atoms with E-state index in [4.69, 9.17) is 13.9 Å². The zero-order valence-electron chi connectivity index (χ0n) is 20.1. The topological polar surface area (TPSA) is 72.2 Å². The van der Waals surface area contributed by atoms with Gasteiger partial charge in [0.25, 0.3) is 11.8 Å². The van der Waals surface area contributed by atoms with Gasteiger partial charge in [0, 0.05) is 31.7 Å². The van der Waals surface area contributed by atoms with Crippen LogP contribution in [0.25, 0.3) is 0 Å². The molecule has 0 aliphatic carbocycles. The highest BCUT2D eigenvalue weighted by molar-refractivity contribution is 5.95. The van der Waals surface area contributed by atoms with Gasteiger partial charge in [0.1, 0.15) is 5.76 Å². The van der Waals surface area contributed by atoms with Crippen molar-refractivity contribution in [2.75, 3.05) is 26.9 Å². The average Bonchev–Trinajstić information content (AvgIpc) is 3.55. The lowest BCUT2D eigenvalue weighted by molar-refractivity contribution is 0.0521. The van der Waals surface area contributed by atoms with E-state index in [0.29, 0.717) is 41.5 Å². The molecular formula is C28H30N2O5. The molecule has 2 aliphatic heterocycles. The van der Waals surface area contributed by atoms with E-state index < -0.39 is 0 Å². The normalized spacial score (nSPS) is 16.2. The van der Waals surface area contributed by atoms with Crippen molar-refractivity contribution in [2.24, 2.45) is 5.92 Å². The number of likely N-dealkylation sites (tertiary alicyclic amines) is 1. The van der Waals surface area contributed by atoms with Crippen LogP contribution in [0.3, 0.4) is 0 Å². The SMILES string of the molecule is Cc1occc1C(=O)N(C)[C@@H](Cc1ccccc1)C1CCN(C(=O)c2ccc3c(c2)OCO3)CC1. The summed E-state index contributed by atoms with van der Waals surface area (Å²) in [4.78, 5) is 30.3. The van der Waals surface area contributed by atoms with Gasteiger partial charge in [-0.15, -0.1) is 0 Å². The fraction of sp³-hybridized carbons (Fsp3) is 0.357. The van der Waals surface area contributed by atoms with Gasteiger partial charge < -0.3 is 23.7 Å². The number of hydrogen-bond donors (Lipinski definition) is 0. The molecule has 0 saturated carbocycles. The van der Waals surface area contributed by atoms with Crippen LogP contribution in [0.5, 0.6) is 11.5 Å². The minimum absolute atomic E-state index is 0.000174. The van der Waals surface area contributed by atoms with Crippen molar-refractivity contribution in [3.05, 3.63) is 83.3 Å². The Morgan fingerprint density at radius 3 is 2.49 bits per heavy atom. The highest BCUT2D eigenvalue weighted by atomic mass is 16.7. The number of furan rings is 1. The number of likely N-dealkylation sites (N-methyl/N-ethyl adjacent to an activating group) is 1. The van der Waals surface area contributed by atoms with Gasteiger partial charge in [-0.25, -0.2) is 0 Å². The third kappa shape index (κ3) is 4.76. The van der Waals surface area contributed by atoms with E-state index in [1.165, 1.54) is 5.56 Å². The number of carbonyl (C=O) groups is 2. The summed E-state index contributed by atoms with van der Waals surface area (Å²) in [5.41, 5.74) is 2.40. The van der Waals surface area contributed by atoms with Crippen LogP contribution in [0.1, 0.15) is 44.9 Å². The second kappa shape index (κ2) is 9.86. The van der Waals surface area contributed by atoms with Crippen LogP contribution in [-0.2, 0) is 6.42 Å². The third-order valence-electron chi connectivity index (χ3n) is 7.19. The molecule has 0 bridgehead atoms. The zero-order chi connectivity index (χ0) is 24.4. The highest BCUT2D eigenvalue weighted by Gasteiger charge is 2.34. The third-order valence-corrected chi connectivity index (χ3v) is 7.19. The first kappa shape index (κ1) is 23.0. The summed E-state index contributed by atoms with van der Waals surface area (Å²) in [5.74, 6) is 2.16. The molecule has 1 saturated heterocycles. The monoisotopic (exact) mass is 474 g/mol. The lowest BCUT2D eigenvalue weighted by Crippen LogP contribution is -2.48. The lowest BCUT2D eigenvalue weighted by Gasteiger charge is -2.40. The van der Waals surface area contributed by atoms with Crippen molar-refractivity contribution in [2.45, 2.75) is 32.2 Å². The number of fused-ring (bicyclic) bond motifs is 1. The van der Waals surface area contributed by atoms with Crippen molar-refractivity contribution in [3.63, 3.8) is 0 Å². The first-order chi connectivity index (χ1) is 17.0. The van der Waals surface area contributed by atoms with Gasteiger partial charge in [0.2, 0.25) is 6.79 Å². The van der Waals surface area contributed by atoms with Crippen molar-refractivity contribution in [1.82, 2.24) is 9.80 Å². The van der Waals surface area contributed by atoms with Crippen LogP contribution in [0.4, 0.5) is 0 Å². The molecule has 3 heterocycles. The summed E-state index contributed by atoms with van der Waals surface area (Å²) in [5, 5.41) is 0. The van der Waals surface area contributed by atoms with Crippen molar-refractivity contribution < 1.29 is 23.5 Å². The number of aryl methyl sites for hydroxylation is 1. The van der Waals surface area contributed by atoms with Crippen LogP contribution in [-0.4, -0.2) is 54.6 Å². The Balaban J connectivity index is 1.30. The fourth-order valence-corrected chi connectivity index (χ4v) is 5.12. The maximum absolute atomic E-state index is 13.3. The molecule has 7 heteroatoms. The lowest BCUT2D eigenvalue weighted by atomic mass is 9.84. The minimum Gasteiger partial charge on any atom is -0.469 e. The number of rotatable bonds is 6. The van der Waals surface area contributed by atoms with Crippen LogP contribution in [0.15, 0.2) is 65.3 Å². The van der Waals surface area contributed by atoms with Gasteiger partial charge in [-0.2, -0.15) is 0 Å². The predicted molar refractivity (Wildman–Crippen MR) is 131 cm³/mol. The van der Waals surface area contributed by atoms with Crippen molar-refractivity contribution >= 4 is 11.8 Å². The van der Waals surface area contributed by atoms with E-state index in [-0.39, 0.29) is 30.6 Å².